The van der Waals surface area contributed by atoms with E-state index in [2.05, 4.69) is 5.32 Å². The van der Waals surface area contributed by atoms with Crippen molar-refractivity contribution < 1.29 is 19.4 Å². The van der Waals surface area contributed by atoms with E-state index < -0.39 is 5.97 Å². The number of hydrogen-bond acceptors (Lipinski definition) is 3. The summed E-state index contributed by atoms with van der Waals surface area (Å²) in [6.07, 6.45) is -0.0207. The lowest BCUT2D eigenvalue weighted by atomic mass is 10.1. The Balaban J connectivity index is 2.50. The molecule has 5 heteroatoms. The lowest BCUT2D eigenvalue weighted by Gasteiger charge is -2.05. The number of aliphatic carboxylic acids is 1. The quantitative estimate of drug-likeness (QED) is 0.781. The second-order valence-corrected chi connectivity index (χ2v) is 3.45. The van der Waals surface area contributed by atoms with Gasteiger partial charge in [-0.15, -0.1) is 0 Å². The van der Waals surface area contributed by atoms with Crippen molar-refractivity contribution in [1.29, 1.82) is 0 Å². The fourth-order valence-corrected chi connectivity index (χ4v) is 1.27. The number of hydrogen-bond donors (Lipinski definition) is 2. The Morgan fingerprint density at radius 1 is 1.29 bits per heavy atom. The van der Waals surface area contributed by atoms with E-state index in [0.717, 1.165) is 0 Å². The Morgan fingerprint density at radius 3 is 2.47 bits per heavy atom. The first-order valence-electron chi connectivity index (χ1n) is 5.30. The van der Waals surface area contributed by atoms with Gasteiger partial charge in [0, 0.05) is 12.3 Å². The van der Waals surface area contributed by atoms with Gasteiger partial charge in [-0.1, -0.05) is 12.1 Å². The lowest BCUT2D eigenvalue weighted by molar-refractivity contribution is -0.136. The first kappa shape index (κ1) is 13.2. The summed E-state index contributed by atoms with van der Waals surface area (Å²) in [4.78, 5) is 21.8. The number of nitrogens with one attached hydrogen (secondary N) is 1. The predicted molar refractivity (Wildman–Crippen MR) is 62.9 cm³/mol. The molecule has 1 amide bonds. The van der Waals surface area contributed by atoms with Crippen molar-refractivity contribution >= 4 is 17.6 Å². The SMILES string of the molecule is CCOCC(=O)Nc1ccc(CC(=O)O)cc1. The van der Waals surface area contributed by atoms with Crippen LogP contribution in [0.1, 0.15) is 12.5 Å². The highest BCUT2D eigenvalue weighted by atomic mass is 16.5. The minimum Gasteiger partial charge on any atom is -0.481 e. The van der Waals surface area contributed by atoms with Gasteiger partial charge in [0.1, 0.15) is 6.61 Å². The first-order valence-corrected chi connectivity index (χ1v) is 5.30. The molecule has 17 heavy (non-hydrogen) atoms. The van der Waals surface area contributed by atoms with Gasteiger partial charge in [0.15, 0.2) is 0 Å². The third-order valence-corrected chi connectivity index (χ3v) is 2.03. The zero-order valence-corrected chi connectivity index (χ0v) is 9.60. The summed E-state index contributed by atoms with van der Waals surface area (Å²) in [5, 5.41) is 11.2. The van der Waals surface area contributed by atoms with Crippen LogP contribution < -0.4 is 5.32 Å². The average Bonchev–Trinajstić information content (AvgIpc) is 2.28. The molecule has 92 valence electrons. The van der Waals surface area contributed by atoms with Gasteiger partial charge in [-0.25, -0.2) is 0 Å². The molecule has 0 saturated carbocycles. The number of benzene rings is 1. The second kappa shape index (κ2) is 6.65. The van der Waals surface area contributed by atoms with E-state index in [1.165, 1.54) is 0 Å². The molecule has 0 atom stereocenters. The predicted octanol–water partition coefficient (Wildman–Crippen LogP) is 1.29. The number of carbonyl (C=O) groups is 2. The van der Waals surface area contributed by atoms with Crippen molar-refractivity contribution in [2.45, 2.75) is 13.3 Å². The number of carboxylic acid groups (broad SMARTS) is 1. The summed E-state index contributed by atoms with van der Waals surface area (Å²) in [7, 11) is 0. The van der Waals surface area contributed by atoms with Gasteiger partial charge in [0.05, 0.1) is 6.42 Å². The summed E-state index contributed by atoms with van der Waals surface area (Å²) < 4.78 is 4.95. The highest BCUT2D eigenvalue weighted by Crippen LogP contribution is 2.10. The highest BCUT2D eigenvalue weighted by Gasteiger charge is 2.03. The lowest BCUT2D eigenvalue weighted by Crippen LogP contribution is -2.18. The van der Waals surface area contributed by atoms with Crippen LogP contribution in [0.15, 0.2) is 24.3 Å². The molecule has 2 N–H and O–H groups in total. The monoisotopic (exact) mass is 237 g/mol. The molecule has 5 nitrogen and oxygen atoms in total. The Bertz CT molecular complexity index is 386. The van der Waals surface area contributed by atoms with Crippen molar-refractivity contribution in [2.75, 3.05) is 18.5 Å². The maximum absolute atomic E-state index is 11.3. The third kappa shape index (κ3) is 5.12. The van der Waals surface area contributed by atoms with E-state index in [9.17, 15) is 9.59 Å². The molecule has 1 aromatic rings. The topological polar surface area (TPSA) is 75.6 Å². The zero-order valence-electron chi connectivity index (χ0n) is 9.60. The van der Waals surface area contributed by atoms with Crippen LogP contribution in [-0.2, 0) is 20.7 Å². The van der Waals surface area contributed by atoms with E-state index in [4.69, 9.17) is 9.84 Å². The van der Waals surface area contributed by atoms with Gasteiger partial charge in [-0.05, 0) is 24.6 Å². The number of amides is 1. The molecule has 0 aliphatic carbocycles. The fraction of sp³-hybridized carbons (Fsp3) is 0.333. The van der Waals surface area contributed by atoms with Crippen LogP contribution in [0.25, 0.3) is 0 Å². The summed E-state index contributed by atoms with van der Waals surface area (Å²) in [6.45, 7) is 2.33. The van der Waals surface area contributed by atoms with Gasteiger partial charge in [-0.3, -0.25) is 9.59 Å². The van der Waals surface area contributed by atoms with Crippen LogP contribution in [0.3, 0.4) is 0 Å². The molecule has 1 rings (SSSR count). The molecular formula is C12H15NO4. The van der Waals surface area contributed by atoms with E-state index in [0.29, 0.717) is 17.9 Å². The zero-order chi connectivity index (χ0) is 12.7. The van der Waals surface area contributed by atoms with Crippen LogP contribution in [0, 0.1) is 0 Å². The van der Waals surface area contributed by atoms with Crippen LogP contribution in [0.2, 0.25) is 0 Å². The summed E-state index contributed by atoms with van der Waals surface area (Å²) >= 11 is 0. The molecule has 0 radical (unpaired) electrons. The third-order valence-electron chi connectivity index (χ3n) is 2.03. The van der Waals surface area contributed by atoms with Crippen molar-refractivity contribution in [1.82, 2.24) is 0 Å². The van der Waals surface area contributed by atoms with E-state index in [1.54, 1.807) is 24.3 Å². The molecule has 0 unspecified atom stereocenters. The largest absolute Gasteiger partial charge is 0.481 e. The van der Waals surface area contributed by atoms with Crippen molar-refractivity contribution in [3.05, 3.63) is 29.8 Å². The summed E-state index contributed by atoms with van der Waals surface area (Å²) in [5.41, 5.74) is 1.32. The number of rotatable bonds is 6. The van der Waals surface area contributed by atoms with Gasteiger partial charge in [-0.2, -0.15) is 0 Å². The molecule has 0 aromatic heterocycles. The molecule has 0 spiro atoms. The molecule has 0 bridgehead atoms. The minimum absolute atomic E-state index is 0.0207. The van der Waals surface area contributed by atoms with Crippen LogP contribution in [0.5, 0.6) is 0 Å². The van der Waals surface area contributed by atoms with Crippen LogP contribution in [0.4, 0.5) is 5.69 Å². The Morgan fingerprint density at radius 2 is 1.94 bits per heavy atom. The standard InChI is InChI=1S/C12H15NO4/c1-2-17-8-11(14)13-10-5-3-9(4-6-10)7-12(15)16/h3-6H,2,7-8H2,1H3,(H,13,14)(H,15,16). The fourth-order valence-electron chi connectivity index (χ4n) is 1.27. The molecule has 0 aliphatic rings. The van der Waals surface area contributed by atoms with E-state index in [1.807, 2.05) is 6.92 Å². The normalized spacial score (nSPS) is 9.94. The maximum atomic E-state index is 11.3. The first-order chi connectivity index (χ1) is 8.11. The molecule has 0 fully saturated rings. The Hall–Kier alpha value is -1.88. The molecular weight excluding hydrogens is 222 g/mol. The molecule has 0 heterocycles. The minimum atomic E-state index is -0.877. The van der Waals surface area contributed by atoms with Crippen molar-refractivity contribution in [2.24, 2.45) is 0 Å². The number of carboxylic acids is 1. The van der Waals surface area contributed by atoms with Crippen molar-refractivity contribution in [3.63, 3.8) is 0 Å². The van der Waals surface area contributed by atoms with Crippen molar-refractivity contribution in [3.8, 4) is 0 Å². The number of anilines is 1. The van der Waals surface area contributed by atoms with Gasteiger partial charge >= 0.3 is 5.97 Å². The Kier molecular flexibility index (Phi) is 5.16. The smallest absolute Gasteiger partial charge is 0.307 e. The number of ether oxygens (including phenoxy) is 1. The van der Waals surface area contributed by atoms with E-state index in [-0.39, 0.29) is 18.9 Å². The van der Waals surface area contributed by atoms with Gasteiger partial charge in [0.2, 0.25) is 5.91 Å². The van der Waals surface area contributed by atoms with Crippen LogP contribution >= 0.6 is 0 Å². The molecule has 0 saturated heterocycles. The van der Waals surface area contributed by atoms with E-state index >= 15 is 0 Å². The summed E-state index contributed by atoms with van der Waals surface area (Å²) in [6, 6.07) is 6.68. The highest BCUT2D eigenvalue weighted by molar-refractivity contribution is 5.91. The van der Waals surface area contributed by atoms with Gasteiger partial charge < -0.3 is 15.2 Å². The average molecular weight is 237 g/mol. The van der Waals surface area contributed by atoms with Crippen LogP contribution in [-0.4, -0.2) is 30.2 Å². The van der Waals surface area contributed by atoms with Gasteiger partial charge in [0.25, 0.3) is 0 Å². The second-order valence-electron chi connectivity index (χ2n) is 3.45. The number of carbonyl (C=O) groups excluding carboxylic acids is 1. The summed E-state index contributed by atoms with van der Waals surface area (Å²) in [5.74, 6) is -1.10. The molecule has 1 aromatic carbocycles. The maximum Gasteiger partial charge on any atom is 0.307 e. The molecule has 0 aliphatic heterocycles. The Labute approximate surface area is 99.4 Å².